The molecule has 0 bridgehead atoms. The van der Waals surface area contributed by atoms with Crippen molar-refractivity contribution >= 4 is 56.1 Å². The maximum atomic E-state index is 13.2. The van der Waals surface area contributed by atoms with Crippen LogP contribution in [0.4, 0.5) is 5.69 Å². The molecular formula is C30H40BrN3O6. The van der Waals surface area contributed by atoms with Gasteiger partial charge in [-0.25, -0.2) is 0 Å². The molecule has 0 saturated heterocycles. The topological polar surface area (TPSA) is 105 Å². The van der Waals surface area contributed by atoms with Crippen LogP contribution in [-0.4, -0.2) is 77.5 Å². The number of imide groups is 1. The zero-order chi connectivity index (χ0) is 29.8. The van der Waals surface area contributed by atoms with Gasteiger partial charge in [-0.3, -0.25) is 29.0 Å². The van der Waals surface area contributed by atoms with Crippen molar-refractivity contribution in [1.29, 1.82) is 0 Å². The highest BCUT2D eigenvalue weighted by atomic mass is 79.9. The number of esters is 2. The minimum atomic E-state index is -0.649. The average molecular weight is 619 g/mol. The van der Waals surface area contributed by atoms with Gasteiger partial charge in [0.2, 0.25) is 0 Å². The number of benzene rings is 2. The Morgan fingerprint density at radius 1 is 0.875 bits per heavy atom. The number of ether oxygens (including phenoxy) is 2. The number of carbonyl (C=O) groups excluding carboxylic acids is 4. The van der Waals surface area contributed by atoms with Crippen LogP contribution in [0.2, 0.25) is 0 Å². The van der Waals surface area contributed by atoms with Crippen molar-refractivity contribution in [3.8, 4) is 0 Å². The quantitative estimate of drug-likeness (QED) is 0.264. The number of nitrogens with one attached hydrogen (secondary N) is 1. The van der Waals surface area contributed by atoms with Crippen LogP contribution in [-0.2, 0) is 19.1 Å². The highest BCUT2D eigenvalue weighted by Gasteiger charge is 2.33. The summed E-state index contributed by atoms with van der Waals surface area (Å²) in [7, 11) is 0. The monoisotopic (exact) mass is 617 g/mol. The van der Waals surface area contributed by atoms with Crippen molar-refractivity contribution in [2.24, 2.45) is 0 Å². The van der Waals surface area contributed by atoms with Crippen molar-refractivity contribution in [1.82, 2.24) is 9.80 Å². The van der Waals surface area contributed by atoms with Gasteiger partial charge < -0.3 is 14.8 Å². The number of unbranched alkanes of at least 4 members (excludes halogenated alkanes) is 1. The second-order valence-corrected chi connectivity index (χ2v) is 12.8. The number of amides is 2. The summed E-state index contributed by atoms with van der Waals surface area (Å²) in [5.74, 6) is -1.46. The van der Waals surface area contributed by atoms with Crippen LogP contribution in [0.3, 0.4) is 0 Å². The molecule has 2 aromatic carbocycles. The summed E-state index contributed by atoms with van der Waals surface area (Å²) in [5, 5.41) is 4.71. The molecule has 40 heavy (non-hydrogen) atoms. The van der Waals surface area contributed by atoms with Gasteiger partial charge in [-0.05, 0) is 72.2 Å². The first-order valence-electron chi connectivity index (χ1n) is 13.6. The third-order valence-corrected chi connectivity index (χ3v) is 6.75. The molecule has 0 aromatic heterocycles. The van der Waals surface area contributed by atoms with Crippen LogP contribution in [0, 0.1) is 0 Å². The Hall–Kier alpha value is -2.98. The molecular weight excluding hydrogens is 578 g/mol. The molecule has 1 aliphatic rings. The summed E-state index contributed by atoms with van der Waals surface area (Å²) in [6.07, 6.45) is 1.62. The van der Waals surface area contributed by atoms with Gasteiger partial charge in [0.05, 0.1) is 13.1 Å². The van der Waals surface area contributed by atoms with Crippen LogP contribution in [0.15, 0.2) is 28.7 Å². The van der Waals surface area contributed by atoms with Gasteiger partial charge in [0, 0.05) is 51.7 Å². The Labute approximate surface area is 244 Å². The van der Waals surface area contributed by atoms with E-state index in [0.717, 1.165) is 28.4 Å². The van der Waals surface area contributed by atoms with Crippen LogP contribution < -0.4 is 5.32 Å². The van der Waals surface area contributed by atoms with E-state index in [0.29, 0.717) is 36.1 Å². The Morgan fingerprint density at radius 2 is 1.40 bits per heavy atom. The van der Waals surface area contributed by atoms with E-state index in [2.05, 4.69) is 21.2 Å². The molecule has 218 valence electrons. The highest BCUT2D eigenvalue weighted by molar-refractivity contribution is 9.10. The molecule has 1 heterocycles. The molecule has 0 spiro atoms. The van der Waals surface area contributed by atoms with Crippen molar-refractivity contribution < 1.29 is 28.7 Å². The number of nitrogens with zero attached hydrogens (tertiary/aromatic N) is 2. The minimum absolute atomic E-state index is 0.0810. The molecule has 0 aliphatic carbocycles. The van der Waals surface area contributed by atoms with E-state index in [9.17, 15) is 19.2 Å². The van der Waals surface area contributed by atoms with E-state index >= 15 is 0 Å². The van der Waals surface area contributed by atoms with Crippen molar-refractivity contribution in [2.45, 2.75) is 72.5 Å². The number of hydrogen-bond donors (Lipinski definition) is 1. The van der Waals surface area contributed by atoms with Gasteiger partial charge in [0.15, 0.2) is 0 Å². The van der Waals surface area contributed by atoms with E-state index in [1.807, 2.05) is 19.1 Å². The first kappa shape index (κ1) is 31.5. The van der Waals surface area contributed by atoms with Crippen LogP contribution in [0.25, 0.3) is 10.8 Å². The van der Waals surface area contributed by atoms with E-state index in [4.69, 9.17) is 9.47 Å². The maximum Gasteiger partial charge on any atom is 0.320 e. The van der Waals surface area contributed by atoms with E-state index in [1.165, 1.54) is 4.90 Å². The van der Waals surface area contributed by atoms with Crippen molar-refractivity contribution in [3.63, 3.8) is 0 Å². The number of rotatable bonds is 11. The molecule has 3 rings (SSSR count). The zero-order valence-corrected chi connectivity index (χ0v) is 26.1. The third kappa shape index (κ3) is 8.04. The lowest BCUT2D eigenvalue weighted by molar-refractivity contribution is -0.159. The molecule has 2 aromatic rings. The second kappa shape index (κ2) is 12.7. The van der Waals surface area contributed by atoms with Crippen molar-refractivity contribution in [2.75, 3.05) is 38.0 Å². The molecule has 1 aliphatic heterocycles. The zero-order valence-electron chi connectivity index (χ0n) is 24.5. The van der Waals surface area contributed by atoms with Crippen LogP contribution >= 0.6 is 15.9 Å². The van der Waals surface area contributed by atoms with Gasteiger partial charge in [0.1, 0.15) is 11.2 Å². The number of hydrogen-bond acceptors (Lipinski definition) is 8. The first-order chi connectivity index (χ1) is 18.6. The lowest BCUT2D eigenvalue weighted by atomic mass is 9.93. The minimum Gasteiger partial charge on any atom is -0.459 e. The Kier molecular flexibility index (Phi) is 10.0. The Morgan fingerprint density at radius 3 is 1.90 bits per heavy atom. The Bertz CT molecular complexity index is 1240. The largest absolute Gasteiger partial charge is 0.459 e. The SMILES string of the molecule is CCCCN1C(=O)c2ccc(Br)c3c(NCCN(CC(=O)OC(C)(C)C)CC(=O)OC(C)(C)C)ccc(c23)C1=O. The van der Waals surface area contributed by atoms with Gasteiger partial charge in [-0.2, -0.15) is 0 Å². The summed E-state index contributed by atoms with van der Waals surface area (Å²) in [5.41, 5.74) is 0.408. The normalized spacial score (nSPS) is 13.7. The summed E-state index contributed by atoms with van der Waals surface area (Å²) < 4.78 is 11.7. The van der Waals surface area contributed by atoms with Gasteiger partial charge in [-0.1, -0.05) is 29.3 Å². The molecule has 0 radical (unpaired) electrons. The van der Waals surface area contributed by atoms with Gasteiger partial charge >= 0.3 is 11.9 Å². The number of anilines is 1. The molecule has 2 amide bonds. The molecule has 0 saturated carbocycles. The van der Waals surface area contributed by atoms with Crippen LogP contribution in [0.1, 0.15) is 82.0 Å². The van der Waals surface area contributed by atoms with E-state index in [1.54, 1.807) is 58.6 Å². The standard InChI is InChI=1S/C30H40BrN3O6/c1-8-9-15-34-27(37)19-10-12-21(31)26-22(13-11-20(25(19)26)28(34)38)32-14-16-33(17-23(35)39-29(2,3)4)18-24(36)40-30(5,6)7/h10-13,32H,8-9,14-18H2,1-7H3. The maximum absolute atomic E-state index is 13.2. The molecule has 0 atom stereocenters. The average Bonchev–Trinajstić information content (AvgIpc) is 2.81. The van der Waals surface area contributed by atoms with E-state index < -0.39 is 23.1 Å². The fourth-order valence-electron chi connectivity index (χ4n) is 4.54. The number of halogens is 1. The lowest BCUT2D eigenvalue weighted by Crippen LogP contribution is -2.42. The lowest BCUT2D eigenvalue weighted by Gasteiger charge is -2.28. The predicted molar refractivity (Wildman–Crippen MR) is 159 cm³/mol. The smallest absolute Gasteiger partial charge is 0.320 e. The number of carbonyl (C=O) groups is 4. The second-order valence-electron chi connectivity index (χ2n) is 11.9. The Balaban J connectivity index is 1.82. The molecule has 9 nitrogen and oxygen atoms in total. The summed E-state index contributed by atoms with van der Waals surface area (Å²) in [6.45, 7) is 13.7. The van der Waals surface area contributed by atoms with Gasteiger partial charge in [0.25, 0.3) is 11.8 Å². The third-order valence-electron chi connectivity index (χ3n) is 6.09. The highest BCUT2D eigenvalue weighted by Crippen LogP contribution is 2.38. The summed E-state index contributed by atoms with van der Waals surface area (Å²) in [6, 6.07) is 7.13. The van der Waals surface area contributed by atoms with E-state index in [-0.39, 0.29) is 24.9 Å². The van der Waals surface area contributed by atoms with Gasteiger partial charge in [-0.15, -0.1) is 0 Å². The molecule has 0 unspecified atom stereocenters. The molecule has 0 fully saturated rings. The molecule has 1 N–H and O–H groups in total. The fraction of sp³-hybridized carbons (Fsp3) is 0.533. The first-order valence-corrected chi connectivity index (χ1v) is 14.4. The summed E-state index contributed by atoms with van der Waals surface area (Å²) in [4.78, 5) is 54.5. The predicted octanol–water partition coefficient (Wildman–Crippen LogP) is 5.40. The van der Waals surface area contributed by atoms with Crippen LogP contribution in [0.5, 0.6) is 0 Å². The van der Waals surface area contributed by atoms with Crippen molar-refractivity contribution in [3.05, 3.63) is 39.9 Å². The fourth-order valence-corrected chi connectivity index (χ4v) is 5.08. The molecule has 10 heteroatoms. The summed E-state index contributed by atoms with van der Waals surface area (Å²) >= 11 is 3.60.